The highest BCUT2D eigenvalue weighted by Crippen LogP contribution is 2.41. The third-order valence-corrected chi connectivity index (χ3v) is 8.61. The van der Waals surface area contributed by atoms with Crippen LogP contribution in [-0.2, 0) is 25.9 Å². The molecule has 1 aliphatic heterocycles. The van der Waals surface area contributed by atoms with Gasteiger partial charge in [-0.25, -0.2) is 0 Å². The summed E-state index contributed by atoms with van der Waals surface area (Å²) in [6.07, 6.45) is 0.458. The van der Waals surface area contributed by atoms with Gasteiger partial charge in [0.05, 0.1) is 18.2 Å². The van der Waals surface area contributed by atoms with Crippen LogP contribution < -0.4 is 4.90 Å². The van der Waals surface area contributed by atoms with Crippen LogP contribution in [0.4, 0.5) is 32.3 Å². The lowest BCUT2D eigenvalue weighted by Crippen LogP contribution is -2.44. The Morgan fingerprint density at radius 3 is 2.07 bits per heavy atom. The average molecular weight is 618 g/mol. The molecule has 1 aromatic carbocycles. The van der Waals surface area contributed by atoms with E-state index in [1.165, 1.54) is 4.80 Å². The first-order valence-electron chi connectivity index (χ1n) is 14.7. The summed E-state index contributed by atoms with van der Waals surface area (Å²) in [4.78, 5) is 10.4. The molecule has 2 fully saturated rings. The normalized spacial score (nSPS) is 21.8. The van der Waals surface area contributed by atoms with Crippen LogP contribution in [0.3, 0.4) is 0 Å². The first-order chi connectivity index (χ1) is 20.7. The van der Waals surface area contributed by atoms with Crippen molar-refractivity contribution in [3.05, 3.63) is 75.6 Å². The maximum atomic E-state index is 13.7. The molecule has 234 valence electrons. The Balaban J connectivity index is 1.41. The summed E-state index contributed by atoms with van der Waals surface area (Å²) in [5, 5.41) is 12.2. The van der Waals surface area contributed by atoms with Crippen LogP contribution in [0, 0.1) is 11.8 Å². The second-order valence-corrected chi connectivity index (χ2v) is 12.4. The molecule has 4 aliphatic rings. The van der Waals surface area contributed by atoms with E-state index in [2.05, 4.69) is 26.0 Å². The number of allylic oxidation sites excluding steroid dienone is 1. The number of aryl methyl sites for hydroxylation is 1. The monoisotopic (exact) mass is 617 g/mol. The number of tetrazole rings is 1. The smallest absolute Gasteiger partial charge is 0.356 e. The number of anilines is 1. The Kier molecular flexibility index (Phi) is 7.50. The summed E-state index contributed by atoms with van der Waals surface area (Å²) >= 11 is 0. The fourth-order valence-electron chi connectivity index (χ4n) is 5.65. The SMILES string of the molecule is CC1=C=CC=C2C=C(CN(Cc3cc(C(F)(F)F)cc(C(F)(F)F)c3)c3nnn(C)n3)C(N(CC3CC3)CC3CC3)=NC12C. The largest absolute Gasteiger partial charge is 0.416 e. The van der Waals surface area contributed by atoms with E-state index in [0.717, 1.165) is 73.5 Å². The lowest BCUT2D eigenvalue weighted by atomic mass is 9.80. The molecule has 0 bridgehead atoms. The molecule has 13 heteroatoms. The maximum Gasteiger partial charge on any atom is 0.416 e. The Labute approximate surface area is 251 Å². The van der Waals surface area contributed by atoms with Crippen LogP contribution in [0.15, 0.2) is 63.9 Å². The van der Waals surface area contributed by atoms with Gasteiger partial charge in [-0.05, 0) is 104 Å². The topological polar surface area (TPSA) is 62.4 Å². The van der Waals surface area contributed by atoms with E-state index in [0.29, 0.717) is 11.8 Å². The molecule has 0 N–H and O–H groups in total. The van der Waals surface area contributed by atoms with Crippen LogP contribution in [0.25, 0.3) is 0 Å². The average Bonchev–Trinajstić information content (AvgIpc) is 3.88. The minimum Gasteiger partial charge on any atom is -0.356 e. The van der Waals surface area contributed by atoms with Gasteiger partial charge in [0, 0.05) is 37.3 Å². The van der Waals surface area contributed by atoms with Gasteiger partial charge >= 0.3 is 12.4 Å². The highest BCUT2D eigenvalue weighted by Gasteiger charge is 2.40. The van der Waals surface area contributed by atoms with E-state index in [-0.39, 0.29) is 30.7 Å². The molecular formula is C31H33F6N7. The van der Waals surface area contributed by atoms with Crippen molar-refractivity contribution in [1.82, 2.24) is 25.1 Å². The molecule has 1 unspecified atom stereocenters. The number of aromatic nitrogens is 4. The lowest BCUT2D eigenvalue weighted by molar-refractivity contribution is -0.143. The number of hydrogen-bond donors (Lipinski definition) is 0. The fourth-order valence-corrected chi connectivity index (χ4v) is 5.65. The molecule has 3 aliphatic carbocycles. The molecular weight excluding hydrogens is 584 g/mol. The van der Waals surface area contributed by atoms with Crippen molar-refractivity contribution in [3.8, 4) is 0 Å². The van der Waals surface area contributed by atoms with Gasteiger partial charge in [0.1, 0.15) is 11.4 Å². The highest BCUT2D eigenvalue weighted by molar-refractivity contribution is 6.01. The molecule has 44 heavy (non-hydrogen) atoms. The summed E-state index contributed by atoms with van der Waals surface area (Å²) in [6.45, 7) is 5.48. The molecule has 2 aromatic rings. The van der Waals surface area contributed by atoms with Crippen molar-refractivity contribution in [1.29, 1.82) is 0 Å². The number of aliphatic imine (C=N–C) groups is 1. The molecule has 1 atom stereocenters. The molecule has 0 radical (unpaired) electrons. The number of nitrogens with zero attached hydrogens (tertiary/aromatic N) is 7. The minimum atomic E-state index is -4.96. The minimum absolute atomic E-state index is 0.0802. The van der Waals surface area contributed by atoms with Crippen LogP contribution in [0.5, 0.6) is 0 Å². The van der Waals surface area contributed by atoms with Gasteiger partial charge in [0.25, 0.3) is 5.95 Å². The summed E-state index contributed by atoms with van der Waals surface area (Å²) in [5.41, 5.74) is 2.39. The number of amidine groups is 1. The molecule has 1 aromatic heterocycles. The van der Waals surface area contributed by atoms with Crippen LogP contribution in [-0.4, -0.2) is 56.1 Å². The number of fused-ring (bicyclic) bond motifs is 1. The van der Waals surface area contributed by atoms with Crippen molar-refractivity contribution in [2.75, 3.05) is 24.5 Å². The Hall–Kier alpha value is -3.86. The Morgan fingerprint density at radius 1 is 0.932 bits per heavy atom. The van der Waals surface area contributed by atoms with Gasteiger partial charge in [0.15, 0.2) is 0 Å². The van der Waals surface area contributed by atoms with Crippen molar-refractivity contribution in [3.63, 3.8) is 0 Å². The van der Waals surface area contributed by atoms with E-state index < -0.39 is 29.0 Å². The standard InChI is InChI=1S/C31H33F6N7/c1-19-5-4-6-24-13-23(27(38-29(19,24)2)43(15-20-7-8-20)16-21-9-10-21)18-44(28-39-41-42(3)40-28)17-22-11-25(30(32,33)34)14-26(12-22)31(35,36)37/h4,6,11-14,20-21H,7-10,15-18H2,1-3H3. The van der Waals surface area contributed by atoms with Gasteiger partial charge in [-0.2, -0.15) is 31.1 Å². The van der Waals surface area contributed by atoms with Crippen molar-refractivity contribution in [2.45, 2.75) is 64.0 Å². The molecule has 6 rings (SSSR count). The molecule has 0 saturated heterocycles. The van der Waals surface area contributed by atoms with Gasteiger partial charge in [-0.1, -0.05) is 5.10 Å². The number of alkyl halides is 6. The van der Waals surface area contributed by atoms with Gasteiger partial charge in [-0.3, -0.25) is 4.99 Å². The second kappa shape index (κ2) is 10.9. The summed E-state index contributed by atoms with van der Waals surface area (Å²) in [7, 11) is 1.54. The third-order valence-electron chi connectivity index (χ3n) is 8.61. The van der Waals surface area contributed by atoms with Crippen molar-refractivity contribution in [2.24, 2.45) is 23.9 Å². The zero-order valence-electron chi connectivity index (χ0n) is 24.7. The summed E-state index contributed by atoms with van der Waals surface area (Å²) < 4.78 is 82.1. The molecule has 2 saturated carbocycles. The Bertz CT molecular complexity index is 1550. The lowest BCUT2D eigenvalue weighted by Gasteiger charge is -2.39. The second-order valence-electron chi connectivity index (χ2n) is 12.4. The van der Waals surface area contributed by atoms with Crippen LogP contribution in [0.1, 0.15) is 56.2 Å². The predicted molar refractivity (Wildman–Crippen MR) is 153 cm³/mol. The first kappa shape index (κ1) is 30.2. The van der Waals surface area contributed by atoms with E-state index >= 15 is 0 Å². The van der Waals surface area contributed by atoms with Crippen molar-refractivity contribution < 1.29 is 26.3 Å². The molecule has 0 spiro atoms. The van der Waals surface area contributed by atoms with Gasteiger partial charge in [0.2, 0.25) is 0 Å². The number of hydrogen-bond acceptors (Lipinski definition) is 6. The molecule has 7 nitrogen and oxygen atoms in total. The quantitative estimate of drug-likeness (QED) is 0.237. The number of dihydropyridines is 1. The van der Waals surface area contributed by atoms with Crippen LogP contribution in [0.2, 0.25) is 0 Å². The van der Waals surface area contributed by atoms with E-state index in [1.807, 2.05) is 32.1 Å². The zero-order chi connectivity index (χ0) is 31.4. The highest BCUT2D eigenvalue weighted by atomic mass is 19.4. The zero-order valence-corrected chi connectivity index (χ0v) is 24.7. The van der Waals surface area contributed by atoms with E-state index in [9.17, 15) is 26.3 Å². The number of halogens is 6. The number of benzene rings is 1. The van der Waals surface area contributed by atoms with E-state index in [1.54, 1.807) is 11.9 Å². The van der Waals surface area contributed by atoms with Gasteiger partial charge < -0.3 is 9.80 Å². The predicted octanol–water partition coefficient (Wildman–Crippen LogP) is 6.51. The van der Waals surface area contributed by atoms with Crippen molar-refractivity contribution >= 4 is 11.8 Å². The summed E-state index contributed by atoms with van der Waals surface area (Å²) in [6, 6.07) is 1.63. The number of rotatable bonds is 9. The Morgan fingerprint density at radius 2 is 1.55 bits per heavy atom. The third kappa shape index (κ3) is 6.47. The van der Waals surface area contributed by atoms with Gasteiger partial charge in [-0.15, -0.1) is 10.8 Å². The van der Waals surface area contributed by atoms with E-state index in [4.69, 9.17) is 4.99 Å². The van der Waals surface area contributed by atoms with Crippen LogP contribution >= 0.6 is 0 Å². The maximum absolute atomic E-state index is 13.7. The fraction of sp³-hybridized carbons (Fsp3) is 0.516. The first-order valence-corrected chi connectivity index (χ1v) is 14.7. The molecule has 2 heterocycles. The molecule has 0 amide bonds. The summed E-state index contributed by atoms with van der Waals surface area (Å²) in [5.74, 6) is 1.99.